The van der Waals surface area contributed by atoms with Crippen LogP contribution in [0, 0.1) is 23.1 Å². The number of esters is 1. The van der Waals surface area contributed by atoms with Crippen molar-refractivity contribution in [2.24, 2.45) is 5.92 Å². The maximum Gasteiger partial charge on any atom is 0.344 e. The molecular weight excluding hydrogens is 383 g/mol. The van der Waals surface area contributed by atoms with E-state index in [-0.39, 0.29) is 0 Å². The average molecular weight is 402 g/mol. The molecule has 0 spiro atoms. The highest BCUT2D eigenvalue weighted by Crippen LogP contribution is 2.39. The number of carbonyl (C=O) groups excluding carboxylic acids is 2. The predicted molar refractivity (Wildman–Crippen MR) is 102 cm³/mol. The number of carbonyl (C=O) groups is 2. The van der Waals surface area contributed by atoms with Gasteiger partial charge in [0, 0.05) is 4.88 Å². The van der Waals surface area contributed by atoms with Crippen molar-refractivity contribution in [2.45, 2.75) is 26.2 Å². The first-order chi connectivity index (χ1) is 13.5. The molecule has 0 radical (unpaired) electrons. The van der Waals surface area contributed by atoms with Gasteiger partial charge in [0.05, 0.1) is 5.56 Å². The molecule has 0 saturated carbocycles. The monoisotopic (exact) mass is 402 g/mol. The molecule has 3 rings (SSSR count). The summed E-state index contributed by atoms with van der Waals surface area (Å²) in [5.41, 5.74) is 1.52. The molecule has 28 heavy (non-hydrogen) atoms. The van der Waals surface area contributed by atoms with Crippen LogP contribution in [0.5, 0.6) is 5.75 Å². The molecule has 1 aliphatic rings. The SMILES string of the molecule is C[C@@H]1CCc2c(sc(NC(=O)COC(=O)COc3ccc(F)cc3)c2C#N)C1. The molecular formula is C20H19FN2O4S. The van der Waals surface area contributed by atoms with Crippen molar-refractivity contribution < 1.29 is 23.5 Å². The largest absolute Gasteiger partial charge is 0.482 e. The third-order valence-electron chi connectivity index (χ3n) is 4.41. The number of hydrogen-bond donors (Lipinski definition) is 1. The van der Waals surface area contributed by atoms with Gasteiger partial charge < -0.3 is 14.8 Å². The van der Waals surface area contributed by atoms with Crippen LogP contribution < -0.4 is 10.1 Å². The Balaban J connectivity index is 1.50. The Hall–Kier alpha value is -2.92. The fourth-order valence-electron chi connectivity index (χ4n) is 2.98. The van der Waals surface area contributed by atoms with Gasteiger partial charge in [0.2, 0.25) is 0 Å². The second kappa shape index (κ2) is 8.85. The van der Waals surface area contributed by atoms with Gasteiger partial charge in [0.15, 0.2) is 13.2 Å². The average Bonchev–Trinajstić information content (AvgIpc) is 3.01. The van der Waals surface area contributed by atoms with E-state index in [9.17, 15) is 19.2 Å². The van der Waals surface area contributed by atoms with Crippen molar-refractivity contribution >= 4 is 28.2 Å². The number of ether oxygens (including phenoxy) is 2. The standard InChI is InChI=1S/C20H19FN2O4S/c1-12-2-7-15-16(9-22)20(28-17(15)8-12)23-18(24)10-27-19(25)11-26-14-5-3-13(21)4-6-14/h3-6,12H,2,7-8,10-11H2,1H3,(H,23,24)/t12-/m1/s1. The van der Waals surface area contributed by atoms with E-state index in [1.807, 2.05) is 0 Å². The summed E-state index contributed by atoms with van der Waals surface area (Å²) in [7, 11) is 0. The first-order valence-corrected chi connectivity index (χ1v) is 9.66. The van der Waals surface area contributed by atoms with Crippen LogP contribution in [0.2, 0.25) is 0 Å². The Morgan fingerprint density at radius 2 is 2.07 bits per heavy atom. The Labute approximate surface area is 165 Å². The molecule has 1 aromatic heterocycles. The number of thiophene rings is 1. The highest BCUT2D eigenvalue weighted by atomic mass is 32.1. The van der Waals surface area contributed by atoms with E-state index in [1.54, 1.807) is 0 Å². The minimum absolute atomic E-state index is 0.319. The van der Waals surface area contributed by atoms with Crippen molar-refractivity contribution in [3.63, 3.8) is 0 Å². The van der Waals surface area contributed by atoms with Crippen molar-refractivity contribution in [1.29, 1.82) is 5.26 Å². The molecule has 6 nitrogen and oxygen atoms in total. The first-order valence-electron chi connectivity index (χ1n) is 8.84. The van der Waals surface area contributed by atoms with Crippen LogP contribution in [0.25, 0.3) is 0 Å². The number of amides is 1. The maximum atomic E-state index is 12.8. The van der Waals surface area contributed by atoms with E-state index in [0.29, 0.717) is 22.2 Å². The molecule has 146 valence electrons. The van der Waals surface area contributed by atoms with Crippen LogP contribution in [0.1, 0.15) is 29.3 Å². The van der Waals surface area contributed by atoms with Gasteiger partial charge in [-0.15, -0.1) is 11.3 Å². The summed E-state index contributed by atoms with van der Waals surface area (Å²) in [6.45, 7) is 1.30. The molecule has 8 heteroatoms. The number of nitrogens with zero attached hydrogens (tertiary/aromatic N) is 1. The Kier molecular flexibility index (Phi) is 6.26. The summed E-state index contributed by atoms with van der Waals surface area (Å²) in [5, 5.41) is 12.6. The van der Waals surface area contributed by atoms with E-state index in [2.05, 4.69) is 18.3 Å². The quantitative estimate of drug-likeness (QED) is 0.748. The van der Waals surface area contributed by atoms with Gasteiger partial charge in [-0.2, -0.15) is 5.26 Å². The molecule has 1 N–H and O–H groups in total. The van der Waals surface area contributed by atoms with E-state index < -0.39 is 30.9 Å². The second-order valence-corrected chi connectivity index (χ2v) is 7.72. The smallest absolute Gasteiger partial charge is 0.344 e. The molecule has 0 fully saturated rings. The van der Waals surface area contributed by atoms with Crippen molar-refractivity contribution in [2.75, 3.05) is 18.5 Å². The highest BCUT2D eigenvalue weighted by Gasteiger charge is 2.24. The van der Waals surface area contributed by atoms with Crippen LogP contribution in [0.4, 0.5) is 9.39 Å². The molecule has 1 heterocycles. The lowest BCUT2D eigenvalue weighted by molar-refractivity contribution is -0.149. The normalized spacial score (nSPS) is 15.2. The van der Waals surface area contributed by atoms with Gasteiger partial charge in [-0.3, -0.25) is 4.79 Å². The fraction of sp³-hybridized carbons (Fsp3) is 0.350. The molecule has 1 atom stereocenters. The minimum Gasteiger partial charge on any atom is -0.482 e. The fourth-order valence-corrected chi connectivity index (χ4v) is 4.36. The number of benzene rings is 1. The summed E-state index contributed by atoms with van der Waals surface area (Å²) in [6.07, 6.45) is 2.76. The van der Waals surface area contributed by atoms with E-state index in [0.717, 1.165) is 29.7 Å². The van der Waals surface area contributed by atoms with Crippen LogP contribution in [-0.2, 0) is 27.2 Å². The molecule has 1 aromatic carbocycles. The zero-order valence-electron chi connectivity index (χ0n) is 15.3. The summed E-state index contributed by atoms with van der Waals surface area (Å²) >= 11 is 1.41. The summed E-state index contributed by atoms with van der Waals surface area (Å²) in [5.74, 6) is -0.770. The zero-order chi connectivity index (χ0) is 20.1. The minimum atomic E-state index is -0.723. The molecule has 0 saturated heterocycles. The number of nitriles is 1. The molecule has 2 aromatic rings. The number of fused-ring (bicyclic) bond motifs is 1. The van der Waals surface area contributed by atoms with E-state index in [1.165, 1.54) is 35.6 Å². The first kappa shape index (κ1) is 19.8. The van der Waals surface area contributed by atoms with Crippen LogP contribution >= 0.6 is 11.3 Å². The molecule has 1 amide bonds. The Bertz CT molecular complexity index is 918. The summed E-state index contributed by atoms with van der Waals surface area (Å²) in [4.78, 5) is 24.9. The third-order valence-corrected chi connectivity index (χ3v) is 5.58. The van der Waals surface area contributed by atoms with Gasteiger partial charge in [-0.1, -0.05) is 6.92 Å². The topological polar surface area (TPSA) is 88.4 Å². The number of halogens is 1. The highest BCUT2D eigenvalue weighted by molar-refractivity contribution is 7.16. The van der Waals surface area contributed by atoms with Crippen molar-refractivity contribution in [3.8, 4) is 11.8 Å². The molecule has 0 aliphatic heterocycles. The lowest BCUT2D eigenvalue weighted by atomic mass is 9.89. The van der Waals surface area contributed by atoms with Crippen molar-refractivity contribution in [1.82, 2.24) is 0 Å². The maximum absolute atomic E-state index is 12.8. The number of rotatable bonds is 6. The number of nitrogens with one attached hydrogen (secondary N) is 1. The Morgan fingerprint density at radius 3 is 2.79 bits per heavy atom. The van der Waals surface area contributed by atoms with Gasteiger partial charge in [0.1, 0.15) is 22.6 Å². The third kappa shape index (κ3) is 4.87. The van der Waals surface area contributed by atoms with Gasteiger partial charge >= 0.3 is 5.97 Å². The lowest BCUT2D eigenvalue weighted by Crippen LogP contribution is -2.23. The van der Waals surface area contributed by atoms with Gasteiger partial charge in [-0.25, -0.2) is 9.18 Å². The van der Waals surface area contributed by atoms with Crippen LogP contribution in [-0.4, -0.2) is 25.1 Å². The van der Waals surface area contributed by atoms with Gasteiger partial charge in [-0.05, 0) is 55.0 Å². The zero-order valence-corrected chi connectivity index (χ0v) is 16.1. The summed E-state index contributed by atoms with van der Waals surface area (Å²) < 4.78 is 22.9. The van der Waals surface area contributed by atoms with Crippen LogP contribution in [0.3, 0.4) is 0 Å². The molecule has 1 aliphatic carbocycles. The number of hydrogen-bond acceptors (Lipinski definition) is 6. The van der Waals surface area contributed by atoms with Crippen LogP contribution in [0.15, 0.2) is 24.3 Å². The summed E-state index contributed by atoms with van der Waals surface area (Å²) in [6, 6.07) is 7.37. The molecule has 0 unspecified atom stereocenters. The Morgan fingerprint density at radius 1 is 1.32 bits per heavy atom. The second-order valence-electron chi connectivity index (χ2n) is 6.62. The molecule has 0 bridgehead atoms. The van der Waals surface area contributed by atoms with Gasteiger partial charge in [0.25, 0.3) is 5.91 Å². The van der Waals surface area contributed by atoms with Crippen molar-refractivity contribution in [3.05, 3.63) is 46.1 Å². The van der Waals surface area contributed by atoms with E-state index in [4.69, 9.17) is 9.47 Å². The lowest BCUT2D eigenvalue weighted by Gasteiger charge is -2.17. The predicted octanol–water partition coefficient (Wildman–Crippen LogP) is 3.44. The number of anilines is 1. The van der Waals surface area contributed by atoms with E-state index >= 15 is 0 Å².